The van der Waals surface area contributed by atoms with Gasteiger partial charge in [0, 0.05) is 6.54 Å². The lowest BCUT2D eigenvalue weighted by atomic mass is 10.3. The van der Waals surface area contributed by atoms with E-state index in [1.54, 1.807) is 0 Å². The van der Waals surface area contributed by atoms with Gasteiger partial charge in [0.25, 0.3) is 0 Å². The highest BCUT2D eigenvalue weighted by molar-refractivity contribution is 7.91. The summed E-state index contributed by atoms with van der Waals surface area (Å²) in [4.78, 5) is 0.360. The Hall–Kier alpha value is -1.39. The van der Waals surface area contributed by atoms with Crippen LogP contribution >= 0.6 is 11.3 Å². The van der Waals surface area contributed by atoms with E-state index in [9.17, 15) is 21.6 Å². The molecular weight excluding hydrogens is 339 g/mol. The first-order chi connectivity index (χ1) is 10.3. The highest BCUT2D eigenvalue weighted by atomic mass is 32.2. The third kappa shape index (κ3) is 3.33. The van der Waals surface area contributed by atoms with Gasteiger partial charge in [-0.3, -0.25) is 5.10 Å². The number of rotatable bonds is 5. The maximum Gasteiger partial charge on any atom is 0.432 e. The number of aromatic amines is 1. The van der Waals surface area contributed by atoms with Crippen LogP contribution < -0.4 is 4.72 Å². The molecular formula is C12H12F3N3O2S2. The molecule has 2 N–H and O–H groups in total. The first kappa shape index (κ1) is 15.5. The van der Waals surface area contributed by atoms with Gasteiger partial charge >= 0.3 is 6.18 Å². The van der Waals surface area contributed by atoms with E-state index in [0.717, 1.165) is 30.2 Å². The lowest BCUT2D eigenvalue weighted by Gasteiger charge is -2.02. The van der Waals surface area contributed by atoms with Crippen LogP contribution in [0, 0.1) is 5.92 Å². The van der Waals surface area contributed by atoms with Crippen molar-refractivity contribution in [3.63, 3.8) is 0 Å². The molecule has 2 heterocycles. The molecule has 1 aliphatic carbocycles. The number of nitrogens with zero attached hydrogens (tertiary/aromatic N) is 1. The van der Waals surface area contributed by atoms with Gasteiger partial charge in [-0.05, 0) is 37.0 Å². The molecule has 1 aliphatic rings. The van der Waals surface area contributed by atoms with Crippen LogP contribution in [-0.2, 0) is 16.2 Å². The number of H-pyrrole nitrogens is 1. The summed E-state index contributed by atoms with van der Waals surface area (Å²) in [5.74, 6) is 0.398. The molecule has 22 heavy (non-hydrogen) atoms. The molecule has 0 atom stereocenters. The van der Waals surface area contributed by atoms with E-state index in [2.05, 4.69) is 9.82 Å². The number of aromatic nitrogens is 2. The summed E-state index contributed by atoms with van der Waals surface area (Å²) >= 11 is 0.889. The summed E-state index contributed by atoms with van der Waals surface area (Å²) in [6, 6.07) is 3.68. The van der Waals surface area contributed by atoms with E-state index in [4.69, 9.17) is 0 Å². The molecule has 0 bridgehead atoms. The summed E-state index contributed by atoms with van der Waals surface area (Å²) < 4.78 is 64.3. The first-order valence-electron chi connectivity index (χ1n) is 6.48. The molecule has 0 spiro atoms. The molecule has 1 saturated carbocycles. The Balaban J connectivity index is 1.79. The third-order valence-corrected chi connectivity index (χ3v) is 6.26. The highest BCUT2D eigenvalue weighted by Gasteiger charge is 2.33. The Morgan fingerprint density at radius 2 is 2.09 bits per heavy atom. The number of hydrogen-bond donors (Lipinski definition) is 2. The monoisotopic (exact) mass is 351 g/mol. The second-order valence-electron chi connectivity index (χ2n) is 5.08. The van der Waals surface area contributed by atoms with Crippen LogP contribution in [0.1, 0.15) is 18.5 Å². The first-order valence-corrected chi connectivity index (χ1v) is 8.78. The van der Waals surface area contributed by atoms with Crippen LogP contribution in [-0.4, -0.2) is 25.2 Å². The van der Waals surface area contributed by atoms with E-state index in [0.29, 0.717) is 17.3 Å². The van der Waals surface area contributed by atoms with E-state index in [1.165, 1.54) is 12.1 Å². The van der Waals surface area contributed by atoms with Crippen molar-refractivity contribution in [2.75, 3.05) is 6.54 Å². The smallest absolute Gasteiger partial charge is 0.273 e. The second-order valence-corrected chi connectivity index (χ2v) is 8.16. The average Bonchev–Trinajstić information content (AvgIpc) is 2.92. The van der Waals surface area contributed by atoms with Crippen molar-refractivity contribution in [2.45, 2.75) is 23.2 Å². The fourth-order valence-corrected chi connectivity index (χ4v) is 4.24. The van der Waals surface area contributed by atoms with Crippen molar-refractivity contribution in [3.05, 3.63) is 23.9 Å². The van der Waals surface area contributed by atoms with Crippen LogP contribution in [0.25, 0.3) is 10.6 Å². The van der Waals surface area contributed by atoms with Gasteiger partial charge in [-0.25, -0.2) is 13.1 Å². The molecule has 3 rings (SSSR count). The summed E-state index contributed by atoms with van der Waals surface area (Å²) in [5, 5.41) is 5.49. The minimum atomic E-state index is -4.51. The summed E-state index contributed by atoms with van der Waals surface area (Å²) in [5.41, 5.74) is -0.895. The van der Waals surface area contributed by atoms with Gasteiger partial charge in [-0.2, -0.15) is 18.3 Å². The van der Waals surface area contributed by atoms with Crippen LogP contribution in [0.4, 0.5) is 13.2 Å². The number of hydrogen-bond acceptors (Lipinski definition) is 4. The molecule has 5 nitrogen and oxygen atoms in total. The number of alkyl halides is 3. The largest absolute Gasteiger partial charge is 0.432 e. The van der Waals surface area contributed by atoms with Gasteiger partial charge in [-0.15, -0.1) is 11.3 Å². The summed E-state index contributed by atoms with van der Waals surface area (Å²) in [6.45, 7) is 0.399. The molecule has 10 heteroatoms. The van der Waals surface area contributed by atoms with Crippen molar-refractivity contribution in [1.82, 2.24) is 14.9 Å². The van der Waals surface area contributed by atoms with E-state index in [-0.39, 0.29) is 9.90 Å². The summed E-state index contributed by atoms with van der Waals surface area (Å²) in [7, 11) is -3.62. The fraction of sp³-hybridized carbons (Fsp3) is 0.417. The Kier molecular flexibility index (Phi) is 3.77. The fourth-order valence-electron chi connectivity index (χ4n) is 1.82. The number of halogens is 3. The zero-order chi connectivity index (χ0) is 16.0. The number of sulfonamides is 1. The van der Waals surface area contributed by atoms with Crippen LogP contribution in [0.15, 0.2) is 22.4 Å². The number of thiophene rings is 1. The number of nitrogens with one attached hydrogen (secondary N) is 2. The molecule has 1 fully saturated rings. The Morgan fingerprint density at radius 1 is 1.36 bits per heavy atom. The minimum Gasteiger partial charge on any atom is -0.273 e. The molecule has 0 aliphatic heterocycles. The normalized spacial score (nSPS) is 16.1. The van der Waals surface area contributed by atoms with Crippen LogP contribution in [0.2, 0.25) is 0 Å². The lowest BCUT2D eigenvalue weighted by molar-refractivity contribution is -0.141. The maximum absolute atomic E-state index is 12.5. The molecule has 2 aromatic heterocycles. The van der Waals surface area contributed by atoms with Gasteiger partial charge in [0.15, 0.2) is 0 Å². The van der Waals surface area contributed by atoms with Gasteiger partial charge in [0.1, 0.15) is 15.6 Å². The van der Waals surface area contributed by atoms with Gasteiger partial charge in [0.05, 0.1) is 4.88 Å². The molecule has 0 unspecified atom stereocenters. The predicted molar refractivity (Wildman–Crippen MR) is 74.8 cm³/mol. The second kappa shape index (κ2) is 5.36. The summed E-state index contributed by atoms with van der Waals surface area (Å²) in [6.07, 6.45) is -2.47. The van der Waals surface area contributed by atoms with E-state index >= 15 is 0 Å². The van der Waals surface area contributed by atoms with E-state index in [1.807, 2.05) is 5.10 Å². The maximum atomic E-state index is 12.5. The minimum absolute atomic E-state index is 0.0692. The van der Waals surface area contributed by atoms with Crippen molar-refractivity contribution < 1.29 is 21.6 Å². The SMILES string of the molecule is O=S(=O)(NCC1CC1)c1ccc(-c2cc(C(F)(F)F)[nH]n2)s1. The van der Waals surface area contributed by atoms with Crippen LogP contribution in [0.5, 0.6) is 0 Å². The van der Waals surface area contributed by atoms with Crippen molar-refractivity contribution in [1.29, 1.82) is 0 Å². The zero-order valence-corrected chi connectivity index (χ0v) is 12.8. The van der Waals surface area contributed by atoms with Crippen molar-refractivity contribution in [2.24, 2.45) is 5.92 Å². The Labute approximate surface area is 128 Å². The molecule has 0 radical (unpaired) electrons. The van der Waals surface area contributed by atoms with E-state index < -0.39 is 21.9 Å². The quantitative estimate of drug-likeness (QED) is 0.870. The Bertz CT molecular complexity index is 776. The molecule has 120 valence electrons. The Morgan fingerprint density at radius 3 is 2.68 bits per heavy atom. The predicted octanol–water partition coefficient (Wildman–Crippen LogP) is 2.85. The topological polar surface area (TPSA) is 74.8 Å². The highest BCUT2D eigenvalue weighted by Crippen LogP contribution is 2.34. The van der Waals surface area contributed by atoms with Crippen LogP contribution in [0.3, 0.4) is 0 Å². The average molecular weight is 351 g/mol. The van der Waals surface area contributed by atoms with Gasteiger partial charge < -0.3 is 0 Å². The van der Waals surface area contributed by atoms with Crippen molar-refractivity contribution >= 4 is 21.4 Å². The standard InChI is InChI=1S/C12H12F3N3O2S2/c13-12(14,15)10-5-8(17-18-10)9-3-4-11(21-9)22(19,20)16-6-7-1-2-7/h3-5,7,16H,1-2,6H2,(H,17,18). The van der Waals surface area contributed by atoms with Gasteiger partial charge in [-0.1, -0.05) is 0 Å². The third-order valence-electron chi connectivity index (χ3n) is 3.24. The molecule has 0 aromatic carbocycles. The molecule has 2 aromatic rings. The van der Waals surface area contributed by atoms with Gasteiger partial charge in [0.2, 0.25) is 10.0 Å². The molecule has 0 amide bonds. The lowest BCUT2D eigenvalue weighted by Crippen LogP contribution is -2.24. The van der Waals surface area contributed by atoms with Crippen molar-refractivity contribution in [3.8, 4) is 10.6 Å². The zero-order valence-electron chi connectivity index (χ0n) is 11.1. The molecule has 0 saturated heterocycles.